The first kappa shape index (κ1) is 15.1. The Labute approximate surface area is 133 Å². The highest BCUT2D eigenvalue weighted by Gasteiger charge is 2.15. The molecule has 0 atom stereocenters. The first-order valence-electron chi connectivity index (χ1n) is 6.59. The van der Waals surface area contributed by atoms with Crippen molar-refractivity contribution in [1.29, 1.82) is 0 Å². The Morgan fingerprint density at radius 3 is 2.70 bits per heavy atom. The molecule has 3 aromatic heterocycles. The normalized spacial score (nSPS) is 11.1. The summed E-state index contributed by atoms with van der Waals surface area (Å²) in [4.78, 5) is 39.3. The molecule has 0 bridgehead atoms. The van der Waals surface area contributed by atoms with Crippen molar-refractivity contribution in [2.45, 2.75) is 13.5 Å². The Hall–Kier alpha value is -2.82. The molecule has 1 N–H and O–H groups in total. The Balaban J connectivity index is 2.05. The number of hydrogen-bond donors (Lipinski definition) is 1. The first-order chi connectivity index (χ1) is 10.9. The number of nitrogens with one attached hydrogen (secondary N) is 1. The minimum Gasteiger partial charge on any atom is -0.318 e. The van der Waals surface area contributed by atoms with Crippen LogP contribution in [0.25, 0.3) is 11.2 Å². The van der Waals surface area contributed by atoms with E-state index in [9.17, 15) is 14.4 Å². The number of rotatable bonds is 3. The predicted molar refractivity (Wildman–Crippen MR) is 83.5 cm³/mol. The van der Waals surface area contributed by atoms with Crippen molar-refractivity contribution in [3.8, 4) is 0 Å². The van der Waals surface area contributed by atoms with Crippen molar-refractivity contribution >= 4 is 33.5 Å². The predicted octanol–water partition coefficient (Wildman–Crippen LogP) is -0.708. The van der Waals surface area contributed by atoms with E-state index in [0.29, 0.717) is 21.3 Å². The molecule has 0 spiro atoms. The molecule has 3 aromatic rings. The molecule has 0 aliphatic heterocycles. The zero-order valence-corrected chi connectivity index (χ0v) is 13.4. The number of fused-ring (bicyclic) bond motifs is 1. The Morgan fingerprint density at radius 2 is 2.00 bits per heavy atom. The van der Waals surface area contributed by atoms with Crippen molar-refractivity contribution in [1.82, 2.24) is 28.9 Å². The van der Waals surface area contributed by atoms with Crippen LogP contribution in [0.1, 0.15) is 11.9 Å². The van der Waals surface area contributed by atoms with Gasteiger partial charge in [0.1, 0.15) is 5.01 Å². The van der Waals surface area contributed by atoms with Gasteiger partial charge >= 0.3 is 5.69 Å². The van der Waals surface area contributed by atoms with Gasteiger partial charge in [0, 0.05) is 21.0 Å². The van der Waals surface area contributed by atoms with E-state index in [4.69, 9.17) is 0 Å². The lowest BCUT2D eigenvalue weighted by Gasteiger charge is -2.04. The molecular formula is C12H13N7O3S. The molecule has 3 heterocycles. The van der Waals surface area contributed by atoms with Crippen LogP contribution in [0.2, 0.25) is 0 Å². The summed E-state index contributed by atoms with van der Waals surface area (Å²) in [5, 5.41) is 11.4. The molecule has 0 aliphatic carbocycles. The number of anilines is 1. The van der Waals surface area contributed by atoms with Crippen LogP contribution in [-0.4, -0.2) is 34.8 Å². The minimum atomic E-state index is -0.434. The monoisotopic (exact) mass is 335 g/mol. The second-order valence-electron chi connectivity index (χ2n) is 4.93. The lowest BCUT2D eigenvalue weighted by Crippen LogP contribution is -2.37. The number of amides is 1. The summed E-state index contributed by atoms with van der Waals surface area (Å²) in [6.45, 7) is 1.65. The zero-order valence-electron chi connectivity index (χ0n) is 12.6. The van der Waals surface area contributed by atoms with Gasteiger partial charge in [0.25, 0.3) is 5.56 Å². The van der Waals surface area contributed by atoms with E-state index < -0.39 is 11.2 Å². The van der Waals surface area contributed by atoms with Crippen LogP contribution in [-0.2, 0) is 25.4 Å². The van der Waals surface area contributed by atoms with Gasteiger partial charge in [-0.3, -0.25) is 18.7 Å². The summed E-state index contributed by atoms with van der Waals surface area (Å²) in [5.74, 6) is -0.232. The van der Waals surface area contributed by atoms with Crippen LogP contribution in [0.5, 0.6) is 0 Å². The van der Waals surface area contributed by atoms with Crippen LogP contribution in [0.15, 0.2) is 15.9 Å². The summed E-state index contributed by atoms with van der Waals surface area (Å²) in [6, 6.07) is 0. The molecule has 0 aliphatic rings. The lowest BCUT2D eigenvalue weighted by atomic mass is 10.5. The highest BCUT2D eigenvalue weighted by Crippen LogP contribution is 2.17. The topological polar surface area (TPSA) is 117 Å². The maximum Gasteiger partial charge on any atom is 0.332 e. The molecule has 3 rings (SSSR count). The zero-order chi connectivity index (χ0) is 16.7. The smallest absolute Gasteiger partial charge is 0.318 e. The summed E-state index contributed by atoms with van der Waals surface area (Å²) in [6.07, 6.45) is 1.48. The average Bonchev–Trinajstić information content (AvgIpc) is 3.10. The van der Waals surface area contributed by atoms with E-state index in [0.717, 1.165) is 4.57 Å². The van der Waals surface area contributed by atoms with Gasteiger partial charge in [0.15, 0.2) is 11.2 Å². The molecule has 0 fully saturated rings. The fourth-order valence-corrected chi connectivity index (χ4v) is 2.97. The van der Waals surface area contributed by atoms with E-state index in [1.807, 2.05) is 0 Å². The van der Waals surface area contributed by atoms with Crippen LogP contribution < -0.4 is 16.6 Å². The molecule has 0 saturated heterocycles. The van der Waals surface area contributed by atoms with E-state index >= 15 is 0 Å². The van der Waals surface area contributed by atoms with Gasteiger partial charge in [-0.1, -0.05) is 11.3 Å². The Kier molecular flexibility index (Phi) is 3.56. The molecule has 0 aromatic carbocycles. The second kappa shape index (κ2) is 5.43. The number of hydrogen-bond acceptors (Lipinski definition) is 7. The van der Waals surface area contributed by atoms with Crippen molar-refractivity contribution < 1.29 is 4.79 Å². The van der Waals surface area contributed by atoms with Crippen LogP contribution in [0.4, 0.5) is 5.13 Å². The van der Waals surface area contributed by atoms with Crippen LogP contribution >= 0.6 is 11.3 Å². The van der Waals surface area contributed by atoms with Crippen molar-refractivity contribution in [2.24, 2.45) is 14.1 Å². The first-order valence-corrected chi connectivity index (χ1v) is 7.41. The number of aryl methyl sites for hydroxylation is 1. The van der Waals surface area contributed by atoms with Gasteiger partial charge in [-0.25, -0.2) is 9.78 Å². The van der Waals surface area contributed by atoms with E-state index in [-0.39, 0.29) is 12.5 Å². The summed E-state index contributed by atoms with van der Waals surface area (Å²) >= 11 is 1.21. The van der Waals surface area contributed by atoms with Gasteiger partial charge in [-0.15, -0.1) is 10.2 Å². The maximum atomic E-state index is 12.3. The van der Waals surface area contributed by atoms with Crippen molar-refractivity contribution in [3.05, 3.63) is 32.2 Å². The molecule has 10 nitrogen and oxygen atoms in total. The van der Waals surface area contributed by atoms with Crippen molar-refractivity contribution in [2.75, 3.05) is 5.32 Å². The van der Waals surface area contributed by atoms with E-state index in [1.54, 1.807) is 11.6 Å². The lowest BCUT2D eigenvalue weighted by molar-refractivity contribution is -0.114. The second-order valence-corrected chi connectivity index (χ2v) is 5.99. The highest BCUT2D eigenvalue weighted by atomic mass is 32.1. The molecule has 120 valence electrons. The standard InChI is InChI=1S/C12H13N7O3S/c1-6(20)14-11-16-15-7(23-11)4-19-5-13-9-8(19)10(21)18(3)12(22)17(9)2/h5H,4H2,1-3H3,(H,14,16,20). The number of aromatic nitrogens is 6. The van der Waals surface area contributed by atoms with E-state index in [2.05, 4.69) is 20.5 Å². The van der Waals surface area contributed by atoms with Gasteiger partial charge in [0.2, 0.25) is 11.0 Å². The molecule has 0 saturated carbocycles. The number of carbonyl (C=O) groups excluding carboxylic acids is 1. The third kappa shape index (κ3) is 2.54. The fourth-order valence-electron chi connectivity index (χ4n) is 2.18. The molecule has 0 radical (unpaired) electrons. The third-order valence-corrected chi connectivity index (χ3v) is 4.10. The highest BCUT2D eigenvalue weighted by molar-refractivity contribution is 7.15. The average molecular weight is 335 g/mol. The third-order valence-electron chi connectivity index (χ3n) is 3.27. The molecule has 23 heavy (non-hydrogen) atoms. The Bertz CT molecular complexity index is 1030. The quantitative estimate of drug-likeness (QED) is 0.676. The van der Waals surface area contributed by atoms with E-state index in [1.165, 1.54) is 36.2 Å². The number of nitrogens with zero attached hydrogens (tertiary/aromatic N) is 6. The van der Waals surface area contributed by atoms with Gasteiger partial charge in [-0.05, 0) is 0 Å². The number of imidazole rings is 1. The largest absolute Gasteiger partial charge is 0.332 e. The number of carbonyl (C=O) groups is 1. The summed E-state index contributed by atoms with van der Waals surface area (Å²) < 4.78 is 3.95. The van der Waals surface area contributed by atoms with Gasteiger partial charge in [0.05, 0.1) is 12.9 Å². The molecule has 0 unspecified atom stereocenters. The minimum absolute atomic E-state index is 0.232. The maximum absolute atomic E-state index is 12.3. The SMILES string of the molecule is CC(=O)Nc1nnc(Cn2cnc3c2c(=O)n(C)c(=O)n3C)s1. The summed E-state index contributed by atoms with van der Waals surface area (Å²) in [7, 11) is 2.97. The molecule has 1 amide bonds. The molecule has 11 heteroatoms. The fraction of sp³-hybridized carbons (Fsp3) is 0.333. The van der Waals surface area contributed by atoms with Crippen LogP contribution in [0.3, 0.4) is 0 Å². The van der Waals surface area contributed by atoms with Crippen LogP contribution in [0, 0.1) is 0 Å². The van der Waals surface area contributed by atoms with Crippen molar-refractivity contribution in [3.63, 3.8) is 0 Å². The van der Waals surface area contributed by atoms with Gasteiger partial charge in [-0.2, -0.15) is 0 Å². The Morgan fingerprint density at radius 1 is 1.26 bits per heavy atom. The molecular weight excluding hydrogens is 322 g/mol. The summed E-state index contributed by atoms with van der Waals surface area (Å²) in [5.41, 5.74) is -0.237. The van der Waals surface area contributed by atoms with Gasteiger partial charge < -0.3 is 9.88 Å².